The zero-order chi connectivity index (χ0) is 22.2. The number of halogens is 1. The molecule has 0 amide bonds. The minimum atomic E-state index is -0.246. The summed E-state index contributed by atoms with van der Waals surface area (Å²) in [5.74, 6) is 0.320. The van der Waals surface area contributed by atoms with Crippen LogP contribution >= 0.6 is 11.6 Å². The summed E-state index contributed by atoms with van der Waals surface area (Å²) in [5, 5.41) is 7.86. The monoisotopic (exact) mass is 443 g/mol. The van der Waals surface area contributed by atoms with Crippen molar-refractivity contribution in [3.8, 4) is 0 Å². The number of hydrogen-bond donors (Lipinski definition) is 2. The first-order valence-corrected chi connectivity index (χ1v) is 11.3. The lowest BCUT2D eigenvalue weighted by molar-refractivity contribution is -0.116. The molecule has 5 rings (SSSR count). The average molecular weight is 444 g/mol. The summed E-state index contributed by atoms with van der Waals surface area (Å²) in [6.45, 7) is 0. The molecule has 5 heteroatoms. The molecule has 2 N–H and O–H groups in total. The lowest BCUT2D eigenvalue weighted by Crippen LogP contribution is -2.26. The lowest BCUT2D eigenvalue weighted by Gasteiger charge is -2.30. The zero-order valence-corrected chi connectivity index (χ0v) is 19.0. The Labute approximate surface area is 193 Å². The summed E-state index contributed by atoms with van der Waals surface area (Å²) >= 11 is 6.31. The normalized spacial score (nSPS) is 19.9. The van der Waals surface area contributed by atoms with E-state index in [1.54, 1.807) is 0 Å². The zero-order valence-electron chi connectivity index (χ0n) is 18.2. The number of para-hydroxylation sites is 2. The number of benzene rings is 3. The van der Waals surface area contributed by atoms with Crippen LogP contribution in [-0.2, 0) is 4.79 Å². The van der Waals surface area contributed by atoms with E-state index in [1.807, 2.05) is 62.6 Å². The molecule has 2 unspecified atom stereocenters. The van der Waals surface area contributed by atoms with Gasteiger partial charge in [-0.05, 0) is 59.9 Å². The first-order valence-electron chi connectivity index (χ1n) is 10.9. The van der Waals surface area contributed by atoms with Gasteiger partial charge in [0.1, 0.15) is 0 Å². The molecule has 0 bridgehead atoms. The van der Waals surface area contributed by atoms with Crippen molar-refractivity contribution in [1.82, 2.24) is 0 Å². The number of anilines is 3. The van der Waals surface area contributed by atoms with Crippen LogP contribution in [0, 0.1) is 0 Å². The van der Waals surface area contributed by atoms with Crippen molar-refractivity contribution < 1.29 is 4.79 Å². The van der Waals surface area contributed by atoms with Crippen molar-refractivity contribution in [1.29, 1.82) is 0 Å². The summed E-state index contributed by atoms with van der Waals surface area (Å²) in [6, 6.07) is 24.2. The van der Waals surface area contributed by atoms with Gasteiger partial charge in [-0.3, -0.25) is 4.79 Å². The molecular weight excluding hydrogens is 418 g/mol. The third-order valence-corrected chi connectivity index (χ3v) is 6.61. The molecule has 0 saturated heterocycles. The number of carbonyl (C=O) groups is 1. The number of Topliss-reactive ketones (excluding diaryl/α,β-unsaturated/α-hetero) is 1. The molecule has 2 aliphatic rings. The Hall–Kier alpha value is -3.24. The SMILES string of the molecule is CN(C)c1ccc(C2CC(=O)C3=C(C2)Nc2ccccc2NC3c2cccc(Cl)c2)cc1. The van der Waals surface area contributed by atoms with Gasteiger partial charge in [0.25, 0.3) is 0 Å². The molecule has 0 spiro atoms. The number of fused-ring (bicyclic) bond motifs is 1. The smallest absolute Gasteiger partial charge is 0.163 e. The van der Waals surface area contributed by atoms with Crippen LogP contribution in [-0.4, -0.2) is 19.9 Å². The molecule has 3 aromatic carbocycles. The summed E-state index contributed by atoms with van der Waals surface area (Å²) in [5.41, 5.74) is 7.11. The fraction of sp³-hybridized carbons (Fsp3) is 0.222. The van der Waals surface area contributed by atoms with E-state index < -0.39 is 0 Å². The molecule has 32 heavy (non-hydrogen) atoms. The van der Waals surface area contributed by atoms with Crippen molar-refractivity contribution >= 4 is 34.4 Å². The fourth-order valence-corrected chi connectivity index (χ4v) is 4.91. The van der Waals surface area contributed by atoms with Gasteiger partial charge in [-0.25, -0.2) is 0 Å². The van der Waals surface area contributed by atoms with Crippen LogP contribution in [0.2, 0.25) is 5.02 Å². The van der Waals surface area contributed by atoms with E-state index in [4.69, 9.17) is 11.6 Å². The van der Waals surface area contributed by atoms with E-state index in [2.05, 4.69) is 39.8 Å². The van der Waals surface area contributed by atoms with Crippen molar-refractivity contribution in [2.45, 2.75) is 24.8 Å². The molecule has 0 aromatic heterocycles. The van der Waals surface area contributed by atoms with E-state index in [0.29, 0.717) is 11.4 Å². The van der Waals surface area contributed by atoms with Crippen molar-refractivity contribution in [2.24, 2.45) is 0 Å². The molecule has 3 aromatic rings. The van der Waals surface area contributed by atoms with Gasteiger partial charge in [0.15, 0.2) is 5.78 Å². The second-order valence-electron chi connectivity index (χ2n) is 8.71. The van der Waals surface area contributed by atoms with E-state index in [0.717, 1.165) is 40.3 Å². The highest BCUT2D eigenvalue weighted by Gasteiger charge is 2.36. The second-order valence-corrected chi connectivity index (χ2v) is 9.15. The highest BCUT2D eigenvalue weighted by atomic mass is 35.5. The molecule has 1 aliphatic heterocycles. The maximum atomic E-state index is 13.6. The van der Waals surface area contributed by atoms with Crippen LogP contribution in [0.1, 0.15) is 35.9 Å². The molecule has 0 saturated carbocycles. The summed E-state index contributed by atoms with van der Waals surface area (Å²) in [6.07, 6.45) is 1.28. The maximum Gasteiger partial charge on any atom is 0.163 e. The first-order chi connectivity index (χ1) is 15.5. The minimum absolute atomic E-state index is 0.148. The minimum Gasteiger partial charge on any atom is -0.378 e. The van der Waals surface area contributed by atoms with E-state index in [1.165, 1.54) is 5.56 Å². The summed E-state index contributed by atoms with van der Waals surface area (Å²) in [7, 11) is 4.07. The summed E-state index contributed by atoms with van der Waals surface area (Å²) < 4.78 is 0. The number of ketones is 1. The number of rotatable bonds is 3. The first kappa shape index (κ1) is 20.7. The van der Waals surface area contributed by atoms with Gasteiger partial charge in [-0.1, -0.05) is 48.0 Å². The Balaban J connectivity index is 1.56. The Morgan fingerprint density at radius 3 is 2.34 bits per heavy atom. The predicted octanol–water partition coefficient (Wildman–Crippen LogP) is 6.39. The van der Waals surface area contributed by atoms with Gasteiger partial charge in [0.2, 0.25) is 0 Å². The van der Waals surface area contributed by atoms with E-state index in [-0.39, 0.29) is 17.7 Å². The van der Waals surface area contributed by atoms with Crippen LogP contribution in [0.4, 0.5) is 17.1 Å². The third-order valence-electron chi connectivity index (χ3n) is 6.37. The fourth-order valence-electron chi connectivity index (χ4n) is 4.71. The van der Waals surface area contributed by atoms with Gasteiger partial charge in [0, 0.05) is 42.5 Å². The Morgan fingerprint density at radius 1 is 0.875 bits per heavy atom. The van der Waals surface area contributed by atoms with Crippen LogP contribution in [0.25, 0.3) is 0 Å². The van der Waals surface area contributed by atoms with Gasteiger partial charge in [0.05, 0.1) is 17.4 Å². The van der Waals surface area contributed by atoms with Crippen molar-refractivity contribution in [3.63, 3.8) is 0 Å². The molecule has 1 heterocycles. The van der Waals surface area contributed by atoms with Gasteiger partial charge in [-0.15, -0.1) is 0 Å². The molecule has 4 nitrogen and oxygen atoms in total. The quantitative estimate of drug-likeness (QED) is 0.492. The highest BCUT2D eigenvalue weighted by molar-refractivity contribution is 6.30. The number of nitrogens with zero attached hydrogens (tertiary/aromatic N) is 1. The van der Waals surface area contributed by atoms with E-state index in [9.17, 15) is 4.79 Å². The number of allylic oxidation sites excluding steroid dienone is 1. The lowest BCUT2D eigenvalue weighted by atomic mass is 9.78. The number of carbonyl (C=O) groups excluding carboxylic acids is 1. The van der Waals surface area contributed by atoms with Gasteiger partial charge >= 0.3 is 0 Å². The molecule has 0 radical (unpaired) electrons. The average Bonchev–Trinajstić information content (AvgIpc) is 2.96. The number of hydrogen-bond acceptors (Lipinski definition) is 4. The van der Waals surface area contributed by atoms with Crippen molar-refractivity contribution in [3.05, 3.63) is 100 Å². The van der Waals surface area contributed by atoms with Crippen LogP contribution < -0.4 is 15.5 Å². The highest BCUT2D eigenvalue weighted by Crippen LogP contribution is 2.44. The van der Waals surface area contributed by atoms with Gasteiger partial charge < -0.3 is 15.5 Å². The van der Waals surface area contributed by atoms with Gasteiger partial charge in [-0.2, -0.15) is 0 Å². The Bertz CT molecular complexity index is 1200. The number of nitrogens with one attached hydrogen (secondary N) is 2. The standard InChI is InChI=1S/C27H26ClN3O/c1-31(2)21-12-10-17(11-13-21)19-15-24-26(25(32)16-19)27(18-6-5-7-20(28)14-18)30-23-9-4-3-8-22(23)29-24/h3-14,19,27,29-30H,15-16H2,1-2H3. The largest absolute Gasteiger partial charge is 0.378 e. The Kier molecular flexibility index (Phi) is 5.40. The van der Waals surface area contributed by atoms with Crippen molar-refractivity contribution in [2.75, 3.05) is 29.6 Å². The van der Waals surface area contributed by atoms with E-state index >= 15 is 0 Å². The van der Waals surface area contributed by atoms with Crippen LogP contribution in [0.5, 0.6) is 0 Å². The second kappa shape index (κ2) is 8.36. The molecular formula is C27H26ClN3O. The molecule has 1 aliphatic carbocycles. The topological polar surface area (TPSA) is 44.4 Å². The predicted molar refractivity (Wildman–Crippen MR) is 133 cm³/mol. The molecule has 162 valence electrons. The Morgan fingerprint density at radius 2 is 1.62 bits per heavy atom. The molecule has 2 atom stereocenters. The third kappa shape index (κ3) is 3.87. The maximum absolute atomic E-state index is 13.6. The summed E-state index contributed by atoms with van der Waals surface area (Å²) in [4.78, 5) is 15.7. The van der Waals surface area contributed by atoms with Crippen LogP contribution in [0.3, 0.4) is 0 Å². The molecule has 0 fully saturated rings. The van der Waals surface area contributed by atoms with Crippen LogP contribution in [0.15, 0.2) is 84.1 Å².